The molecule has 0 atom stereocenters. The molecule has 0 heterocycles. The second kappa shape index (κ2) is 9.15. The Balaban J connectivity index is 2.39. The van der Waals surface area contributed by atoms with Crippen molar-refractivity contribution >= 4 is 10.0 Å². The zero-order chi connectivity index (χ0) is 15.7. The van der Waals surface area contributed by atoms with Gasteiger partial charge >= 0.3 is 0 Å². The van der Waals surface area contributed by atoms with Crippen molar-refractivity contribution in [3.05, 3.63) is 29.8 Å². The normalized spacial score (nSPS) is 12.0. The fourth-order valence-electron chi connectivity index (χ4n) is 1.77. The number of rotatable bonds is 10. The third-order valence-corrected chi connectivity index (χ3v) is 4.30. The lowest BCUT2D eigenvalue weighted by atomic mass is 10.2. The number of ether oxygens (including phenoxy) is 1. The summed E-state index contributed by atoms with van der Waals surface area (Å²) >= 11 is 0. The molecule has 1 aromatic carbocycles. The second-order valence-corrected chi connectivity index (χ2v) is 7.16. The fraction of sp³-hybridized carbons (Fsp3) is 0.600. The third kappa shape index (κ3) is 7.04. The van der Waals surface area contributed by atoms with Crippen molar-refractivity contribution in [1.29, 1.82) is 0 Å². The Morgan fingerprint density at radius 2 is 1.86 bits per heavy atom. The summed E-state index contributed by atoms with van der Waals surface area (Å²) in [6.07, 6.45) is 0.670. The summed E-state index contributed by atoms with van der Waals surface area (Å²) in [5, 5.41) is 3.02. The number of hydrogen-bond acceptors (Lipinski definition) is 4. The molecule has 1 rings (SSSR count). The molecule has 120 valence electrons. The van der Waals surface area contributed by atoms with Gasteiger partial charge in [0.1, 0.15) is 0 Å². The number of hydrogen-bond donors (Lipinski definition) is 2. The first-order valence-electron chi connectivity index (χ1n) is 7.26. The minimum atomic E-state index is -3.42. The Morgan fingerprint density at radius 3 is 2.43 bits per heavy atom. The summed E-state index contributed by atoms with van der Waals surface area (Å²) in [6.45, 7) is 6.56. The van der Waals surface area contributed by atoms with Gasteiger partial charge in [-0.05, 0) is 37.1 Å². The molecule has 0 amide bonds. The van der Waals surface area contributed by atoms with Gasteiger partial charge in [-0.15, -0.1) is 0 Å². The van der Waals surface area contributed by atoms with Gasteiger partial charge in [0.2, 0.25) is 10.0 Å². The summed E-state index contributed by atoms with van der Waals surface area (Å²) in [4.78, 5) is 0.297. The van der Waals surface area contributed by atoms with E-state index in [0.29, 0.717) is 37.0 Å². The van der Waals surface area contributed by atoms with Crippen LogP contribution in [0.3, 0.4) is 0 Å². The summed E-state index contributed by atoms with van der Waals surface area (Å²) in [5.74, 6) is 0.498. The fourth-order valence-corrected chi connectivity index (χ4v) is 2.85. The minimum absolute atomic E-state index is 0.297. The molecular weight excluding hydrogens is 288 g/mol. The molecule has 0 saturated carbocycles. The van der Waals surface area contributed by atoms with E-state index in [-0.39, 0.29) is 0 Å². The Morgan fingerprint density at radius 1 is 1.19 bits per heavy atom. The van der Waals surface area contributed by atoms with Gasteiger partial charge < -0.3 is 10.1 Å². The van der Waals surface area contributed by atoms with E-state index < -0.39 is 10.0 Å². The van der Waals surface area contributed by atoms with E-state index in [1.54, 1.807) is 12.1 Å². The van der Waals surface area contributed by atoms with E-state index in [0.717, 1.165) is 12.1 Å². The second-order valence-electron chi connectivity index (χ2n) is 5.39. The molecule has 5 nitrogen and oxygen atoms in total. The van der Waals surface area contributed by atoms with Crippen molar-refractivity contribution < 1.29 is 13.2 Å². The average Bonchev–Trinajstić information content (AvgIpc) is 2.43. The molecule has 0 fully saturated rings. The molecule has 0 aliphatic heterocycles. The van der Waals surface area contributed by atoms with Crippen molar-refractivity contribution in [2.45, 2.75) is 31.7 Å². The number of sulfonamides is 1. The molecule has 0 unspecified atom stereocenters. The lowest BCUT2D eigenvalue weighted by molar-refractivity contribution is 0.108. The van der Waals surface area contributed by atoms with Gasteiger partial charge in [0.15, 0.2) is 0 Å². The predicted octanol–water partition coefficient (Wildman–Crippen LogP) is 1.75. The quantitative estimate of drug-likeness (QED) is 0.646. The van der Waals surface area contributed by atoms with Crippen LogP contribution in [0.25, 0.3) is 0 Å². The van der Waals surface area contributed by atoms with Crippen LogP contribution in [-0.2, 0) is 21.3 Å². The molecule has 2 N–H and O–H groups in total. The maximum atomic E-state index is 12.1. The Labute approximate surface area is 128 Å². The molecule has 0 aliphatic carbocycles. The summed E-state index contributed by atoms with van der Waals surface area (Å²) in [7, 11) is -1.57. The van der Waals surface area contributed by atoms with Crippen LogP contribution < -0.4 is 10.0 Å². The number of benzene rings is 1. The zero-order valence-corrected chi connectivity index (χ0v) is 13.9. The molecule has 1 aromatic rings. The van der Waals surface area contributed by atoms with Gasteiger partial charge in [-0.1, -0.05) is 26.0 Å². The summed E-state index contributed by atoms with van der Waals surface area (Å²) in [5.41, 5.74) is 1.05. The monoisotopic (exact) mass is 314 g/mol. The lowest BCUT2D eigenvalue weighted by Gasteiger charge is -2.09. The van der Waals surface area contributed by atoms with E-state index in [4.69, 9.17) is 4.74 Å². The maximum Gasteiger partial charge on any atom is 0.240 e. The topological polar surface area (TPSA) is 67.4 Å². The predicted molar refractivity (Wildman–Crippen MR) is 84.7 cm³/mol. The van der Waals surface area contributed by atoms with Crippen LogP contribution in [0.1, 0.15) is 25.8 Å². The molecule has 0 aromatic heterocycles. The van der Waals surface area contributed by atoms with Gasteiger partial charge in [-0.2, -0.15) is 0 Å². The van der Waals surface area contributed by atoms with E-state index in [9.17, 15) is 8.42 Å². The van der Waals surface area contributed by atoms with Crippen molar-refractivity contribution in [3.63, 3.8) is 0 Å². The summed E-state index contributed by atoms with van der Waals surface area (Å²) in [6, 6.07) is 6.89. The average molecular weight is 314 g/mol. The highest BCUT2D eigenvalue weighted by atomic mass is 32.2. The van der Waals surface area contributed by atoms with Gasteiger partial charge in [-0.3, -0.25) is 0 Å². The van der Waals surface area contributed by atoms with Crippen molar-refractivity contribution in [3.8, 4) is 0 Å². The van der Waals surface area contributed by atoms with Crippen molar-refractivity contribution in [2.75, 3.05) is 26.8 Å². The van der Waals surface area contributed by atoms with Crippen LogP contribution in [-0.4, -0.2) is 35.2 Å². The van der Waals surface area contributed by atoms with Gasteiger partial charge in [0.05, 0.1) is 4.90 Å². The molecule has 0 bridgehead atoms. The van der Waals surface area contributed by atoms with E-state index in [1.807, 2.05) is 19.2 Å². The van der Waals surface area contributed by atoms with Gasteiger partial charge in [-0.25, -0.2) is 13.1 Å². The smallest absolute Gasteiger partial charge is 0.240 e. The lowest BCUT2D eigenvalue weighted by Crippen LogP contribution is -2.25. The highest BCUT2D eigenvalue weighted by molar-refractivity contribution is 7.89. The van der Waals surface area contributed by atoms with Crippen LogP contribution in [0.2, 0.25) is 0 Å². The van der Waals surface area contributed by atoms with Crippen molar-refractivity contribution in [1.82, 2.24) is 10.0 Å². The molecular formula is C15H26N2O3S. The minimum Gasteiger partial charge on any atom is -0.381 e. The van der Waals surface area contributed by atoms with Crippen LogP contribution in [0.4, 0.5) is 0 Å². The highest BCUT2D eigenvalue weighted by Crippen LogP contribution is 2.10. The first kappa shape index (κ1) is 18.1. The van der Waals surface area contributed by atoms with Crippen LogP contribution in [0.15, 0.2) is 29.2 Å². The number of nitrogens with one attached hydrogen (secondary N) is 2. The first-order chi connectivity index (χ1) is 9.95. The molecule has 0 aliphatic rings. The van der Waals surface area contributed by atoms with Gasteiger partial charge in [0.25, 0.3) is 0 Å². The highest BCUT2D eigenvalue weighted by Gasteiger charge is 2.12. The molecule has 0 radical (unpaired) electrons. The standard InChI is InChI=1S/C15H26N2O3S/c1-13(2)12-20-10-4-9-17-21(18,19)15-7-5-14(6-8-15)11-16-3/h5-8,13,16-17H,4,9-12H2,1-3H3. The SMILES string of the molecule is CNCc1ccc(S(=O)(=O)NCCCOCC(C)C)cc1. The van der Waals surface area contributed by atoms with E-state index >= 15 is 0 Å². The largest absolute Gasteiger partial charge is 0.381 e. The molecule has 0 spiro atoms. The molecule has 0 saturated heterocycles. The van der Waals surface area contributed by atoms with Crippen LogP contribution in [0.5, 0.6) is 0 Å². The first-order valence-corrected chi connectivity index (χ1v) is 8.75. The van der Waals surface area contributed by atoms with Crippen molar-refractivity contribution in [2.24, 2.45) is 5.92 Å². The Hall–Kier alpha value is -0.950. The zero-order valence-electron chi connectivity index (χ0n) is 13.1. The van der Waals surface area contributed by atoms with E-state index in [2.05, 4.69) is 23.9 Å². The third-order valence-electron chi connectivity index (χ3n) is 2.82. The molecule has 6 heteroatoms. The Bertz CT molecular complexity index is 498. The van der Waals surface area contributed by atoms with Crippen LogP contribution >= 0.6 is 0 Å². The van der Waals surface area contributed by atoms with Gasteiger partial charge in [0, 0.05) is 26.3 Å². The van der Waals surface area contributed by atoms with E-state index in [1.165, 1.54) is 0 Å². The molecule has 21 heavy (non-hydrogen) atoms. The maximum absolute atomic E-state index is 12.1. The Kier molecular flexibility index (Phi) is 7.88. The van der Waals surface area contributed by atoms with Crippen LogP contribution in [0, 0.1) is 5.92 Å². The summed E-state index contributed by atoms with van der Waals surface area (Å²) < 4.78 is 32.2.